The van der Waals surface area contributed by atoms with Crippen molar-refractivity contribution in [3.8, 4) is 0 Å². The number of carbonyl (C=O) groups is 1. The minimum absolute atomic E-state index is 0.00875. The summed E-state index contributed by atoms with van der Waals surface area (Å²) < 4.78 is 0. The highest BCUT2D eigenvalue weighted by Crippen LogP contribution is 2.30. The quantitative estimate of drug-likeness (QED) is 0.764. The summed E-state index contributed by atoms with van der Waals surface area (Å²) in [6, 6.07) is 7.51. The zero-order valence-electron chi connectivity index (χ0n) is 10.5. The van der Waals surface area contributed by atoms with Gasteiger partial charge in [0.05, 0.1) is 6.10 Å². The van der Waals surface area contributed by atoms with E-state index in [2.05, 4.69) is 11.9 Å². The van der Waals surface area contributed by atoms with Crippen molar-refractivity contribution in [2.45, 2.75) is 13.0 Å². The van der Waals surface area contributed by atoms with Gasteiger partial charge in [-0.15, -0.1) is 0 Å². The monoisotopic (exact) mass is 246 g/mol. The molecule has 1 aromatic carbocycles. The summed E-state index contributed by atoms with van der Waals surface area (Å²) in [5.74, 6) is 0.00875. The molecule has 2 N–H and O–H groups in total. The molecule has 0 saturated carbocycles. The van der Waals surface area contributed by atoms with E-state index in [1.807, 2.05) is 24.3 Å². The zero-order chi connectivity index (χ0) is 13.1. The van der Waals surface area contributed by atoms with Crippen molar-refractivity contribution in [3.63, 3.8) is 0 Å². The summed E-state index contributed by atoms with van der Waals surface area (Å²) in [5.41, 5.74) is 2.39. The van der Waals surface area contributed by atoms with Crippen LogP contribution in [0, 0.1) is 0 Å². The number of nitrogens with zero attached hydrogens (tertiary/aromatic N) is 1. The van der Waals surface area contributed by atoms with Crippen LogP contribution >= 0.6 is 0 Å². The molecular weight excluding hydrogens is 228 g/mol. The second-order valence-electron chi connectivity index (χ2n) is 4.50. The van der Waals surface area contributed by atoms with Gasteiger partial charge in [0.1, 0.15) is 0 Å². The van der Waals surface area contributed by atoms with E-state index in [4.69, 9.17) is 5.11 Å². The molecule has 0 radical (unpaired) electrons. The third-order valence-electron chi connectivity index (χ3n) is 2.99. The Bertz CT molecular complexity index is 434. The van der Waals surface area contributed by atoms with Crippen molar-refractivity contribution < 1.29 is 9.90 Å². The first kappa shape index (κ1) is 12.8. The van der Waals surface area contributed by atoms with E-state index >= 15 is 0 Å². The summed E-state index contributed by atoms with van der Waals surface area (Å²) in [6.07, 6.45) is -0.375. The standard InChI is InChI=1S/C14H18N2O2/c1-10(17)9-15-7-8-16-11(2)12-5-3-4-6-13(12)14(16)18/h3-6,10,15,17H,2,7-9H2,1H3. The Kier molecular flexibility index (Phi) is 3.79. The van der Waals surface area contributed by atoms with Gasteiger partial charge in [-0.1, -0.05) is 24.8 Å². The van der Waals surface area contributed by atoms with Gasteiger partial charge < -0.3 is 15.3 Å². The molecule has 4 heteroatoms. The lowest BCUT2D eigenvalue weighted by Crippen LogP contribution is -2.34. The van der Waals surface area contributed by atoms with Crippen LogP contribution in [0.15, 0.2) is 30.8 Å². The summed E-state index contributed by atoms with van der Waals surface area (Å²) in [7, 11) is 0. The molecular formula is C14H18N2O2. The Balaban J connectivity index is 1.97. The van der Waals surface area contributed by atoms with Crippen molar-refractivity contribution >= 4 is 11.6 Å². The van der Waals surface area contributed by atoms with Crippen molar-refractivity contribution in [2.24, 2.45) is 0 Å². The van der Waals surface area contributed by atoms with E-state index in [1.54, 1.807) is 11.8 Å². The van der Waals surface area contributed by atoms with Crippen LogP contribution in [0.25, 0.3) is 5.70 Å². The number of benzene rings is 1. The molecule has 96 valence electrons. The third kappa shape index (κ3) is 2.44. The number of rotatable bonds is 5. The first-order valence-corrected chi connectivity index (χ1v) is 6.10. The van der Waals surface area contributed by atoms with Crippen LogP contribution in [-0.2, 0) is 0 Å². The van der Waals surface area contributed by atoms with Gasteiger partial charge >= 0.3 is 0 Å². The normalized spacial score (nSPS) is 16.0. The van der Waals surface area contributed by atoms with Gasteiger partial charge in [0, 0.05) is 36.5 Å². The van der Waals surface area contributed by atoms with E-state index in [9.17, 15) is 4.79 Å². The SMILES string of the molecule is C=C1c2ccccc2C(=O)N1CCNCC(C)O. The molecule has 1 aliphatic heterocycles. The maximum atomic E-state index is 12.1. The van der Waals surface area contributed by atoms with Crippen molar-refractivity contribution in [3.05, 3.63) is 42.0 Å². The second-order valence-corrected chi connectivity index (χ2v) is 4.50. The van der Waals surface area contributed by atoms with Crippen LogP contribution in [0.5, 0.6) is 0 Å². The van der Waals surface area contributed by atoms with Gasteiger partial charge in [-0.25, -0.2) is 0 Å². The van der Waals surface area contributed by atoms with E-state index in [0.717, 1.165) is 16.8 Å². The molecule has 1 unspecified atom stereocenters. The Morgan fingerprint density at radius 2 is 2.06 bits per heavy atom. The summed E-state index contributed by atoms with van der Waals surface area (Å²) in [5, 5.41) is 12.2. The van der Waals surface area contributed by atoms with Crippen molar-refractivity contribution in [1.82, 2.24) is 10.2 Å². The molecule has 2 rings (SSSR count). The Morgan fingerprint density at radius 3 is 2.67 bits per heavy atom. The lowest BCUT2D eigenvalue weighted by Gasteiger charge is -2.18. The molecule has 1 heterocycles. The van der Waals surface area contributed by atoms with E-state index in [-0.39, 0.29) is 12.0 Å². The van der Waals surface area contributed by atoms with Gasteiger partial charge in [-0.2, -0.15) is 0 Å². The van der Waals surface area contributed by atoms with Crippen LogP contribution < -0.4 is 5.32 Å². The Morgan fingerprint density at radius 1 is 1.39 bits per heavy atom. The number of carbonyl (C=O) groups excluding carboxylic acids is 1. The summed E-state index contributed by atoms with van der Waals surface area (Å²) in [4.78, 5) is 13.8. The van der Waals surface area contributed by atoms with Crippen LogP contribution in [-0.4, -0.2) is 41.7 Å². The maximum Gasteiger partial charge on any atom is 0.258 e. The highest BCUT2D eigenvalue weighted by Gasteiger charge is 2.29. The van der Waals surface area contributed by atoms with Crippen molar-refractivity contribution in [1.29, 1.82) is 0 Å². The second kappa shape index (κ2) is 5.33. The number of nitrogens with one attached hydrogen (secondary N) is 1. The number of aliphatic hydroxyl groups excluding tert-OH is 1. The smallest absolute Gasteiger partial charge is 0.258 e. The molecule has 0 saturated heterocycles. The van der Waals surface area contributed by atoms with Gasteiger partial charge in [-0.3, -0.25) is 4.79 Å². The topological polar surface area (TPSA) is 52.6 Å². The molecule has 1 aliphatic rings. The molecule has 0 aliphatic carbocycles. The van der Waals surface area contributed by atoms with E-state index < -0.39 is 0 Å². The van der Waals surface area contributed by atoms with Crippen molar-refractivity contribution in [2.75, 3.05) is 19.6 Å². The zero-order valence-corrected chi connectivity index (χ0v) is 10.5. The van der Waals surface area contributed by atoms with Gasteiger partial charge in [-0.05, 0) is 13.0 Å². The number of hydrogen-bond acceptors (Lipinski definition) is 3. The van der Waals surface area contributed by atoms with Crippen LogP contribution in [0.2, 0.25) is 0 Å². The average molecular weight is 246 g/mol. The maximum absolute atomic E-state index is 12.1. The highest BCUT2D eigenvalue weighted by molar-refractivity contribution is 6.08. The Hall–Kier alpha value is -1.65. The highest BCUT2D eigenvalue weighted by atomic mass is 16.3. The fourth-order valence-corrected chi connectivity index (χ4v) is 2.07. The predicted octanol–water partition coefficient (Wildman–Crippen LogP) is 1.08. The van der Waals surface area contributed by atoms with Crippen LogP contribution in [0.4, 0.5) is 0 Å². The lowest BCUT2D eigenvalue weighted by atomic mass is 10.1. The largest absolute Gasteiger partial charge is 0.392 e. The number of hydrogen-bond donors (Lipinski definition) is 2. The number of amides is 1. The van der Waals surface area contributed by atoms with Gasteiger partial charge in [0.2, 0.25) is 0 Å². The predicted molar refractivity (Wildman–Crippen MR) is 71.1 cm³/mol. The molecule has 1 atom stereocenters. The van der Waals surface area contributed by atoms with Crippen LogP contribution in [0.1, 0.15) is 22.8 Å². The van der Waals surface area contributed by atoms with Gasteiger partial charge in [0.15, 0.2) is 0 Å². The fourth-order valence-electron chi connectivity index (χ4n) is 2.07. The summed E-state index contributed by atoms with van der Waals surface area (Å²) >= 11 is 0. The van der Waals surface area contributed by atoms with Crippen LogP contribution in [0.3, 0.4) is 0 Å². The molecule has 0 fully saturated rings. The molecule has 0 bridgehead atoms. The molecule has 18 heavy (non-hydrogen) atoms. The molecule has 1 amide bonds. The number of fused-ring (bicyclic) bond motifs is 1. The van der Waals surface area contributed by atoms with Gasteiger partial charge in [0.25, 0.3) is 5.91 Å². The fraction of sp³-hybridized carbons (Fsp3) is 0.357. The molecule has 1 aromatic rings. The molecule has 4 nitrogen and oxygen atoms in total. The minimum Gasteiger partial charge on any atom is -0.392 e. The minimum atomic E-state index is -0.375. The first-order chi connectivity index (χ1) is 8.61. The molecule has 0 aromatic heterocycles. The third-order valence-corrected chi connectivity index (χ3v) is 2.99. The average Bonchev–Trinajstić information content (AvgIpc) is 2.59. The van der Waals surface area contributed by atoms with E-state index in [0.29, 0.717) is 19.6 Å². The first-order valence-electron chi connectivity index (χ1n) is 6.10. The molecule has 0 spiro atoms. The summed E-state index contributed by atoms with van der Waals surface area (Å²) in [6.45, 7) is 7.43. The Labute approximate surface area is 107 Å². The van der Waals surface area contributed by atoms with E-state index in [1.165, 1.54) is 0 Å². The lowest BCUT2D eigenvalue weighted by molar-refractivity contribution is 0.0850. The number of aliphatic hydroxyl groups is 1.